The summed E-state index contributed by atoms with van der Waals surface area (Å²) in [6.45, 7) is 5.24. The second-order valence-electron chi connectivity index (χ2n) is 5.92. The number of aromatic amines is 2. The summed E-state index contributed by atoms with van der Waals surface area (Å²) < 4.78 is 10.7. The van der Waals surface area contributed by atoms with Crippen LogP contribution in [0.5, 0.6) is 5.75 Å². The van der Waals surface area contributed by atoms with Crippen molar-refractivity contribution < 1.29 is 14.3 Å². The van der Waals surface area contributed by atoms with Crippen LogP contribution in [0.2, 0.25) is 0 Å². The number of anilines is 1. The molecular formula is C19H19N3O5. The van der Waals surface area contributed by atoms with Crippen molar-refractivity contribution in [3.63, 3.8) is 0 Å². The average Bonchev–Trinajstić information content (AvgIpc) is 2.64. The van der Waals surface area contributed by atoms with E-state index >= 15 is 0 Å². The molecule has 0 spiro atoms. The van der Waals surface area contributed by atoms with E-state index in [4.69, 9.17) is 9.47 Å². The zero-order valence-electron chi connectivity index (χ0n) is 14.9. The van der Waals surface area contributed by atoms with E-state index in [1.807, 2.05) is 0 Å². The zero-order valence-corrected chi connectivity index (χ0v) is 14.9. The Morgan fingerprint density at radius 3 is 2.70 bits per heavy atom. The molecule has 8 nitrogen and oxygen atoms in total. The molecule has 0 amide bonds. The quantitative estimate of drug-likeness (QED) is 0.545. The van der Waals surface area contributed by atoms with Gasteiger partial charge in [0, 0.05) is 11.3 Å². The molecule has 1 unspecified atom stereocenters. The number of benzene rings is 1. The molecular weight excluding hydrogens is 350 g/mol. The number of hydrogen-bond donors (Lipinski definition) is 3. The number of rotatable bonds is 5. The largest absolute Gasteiger partial charge is 0.496 e. The van der Waals surface area contributed by atoms with Gasteiger partial charge in [0.05, 0.1) is 24.2 Å². The highest BCUT2D eigenvalue weighted by Crippen LogP contribution is 2.42. The molecule has 2 aromatic rings. The second kappa shape index (κ2) is 7.36. The third kappa shape index (κ3) is 3.29. The highest BCUT2D eigenvalue weighted by molar-refractivity contribution is 5.94. The fourth-order valence-corrected chi connectivity index (χ4v) is 3.19. The molecule has 3 N–H and O–H groups in total. The maximum Gasteiger partial charge on any atom is 0.337 e. The zero-order chi connectivity index (χ0) is 19.6. The first-order valence-corrected chi connectivity index (χ1v) is 8.23. The Morgan fingerprint density at radius 2 is 2.00 bits per heavy atom. The third-order valence-corrected chi connectivity index (χ3v) is 4.28. The molecule has 0 saturated carbocycles. The van der Waals surface area contributed by atoms with Crippen molar-refractivity contribution >= 4 is 11.8 Å². The Balaban J connectivity index is 2.29. The molecule has 1 aromatic heterocycles. The van der Waals surface area contributed by atoms with Crippen molar-refractivity contribution in [1.82, 2.24) is 9.97 Å². The van der Waals surface area contributed by atoms with Crippen LogP contribution in [-0.2, 0) is 9.53 Å². The highest BCUT2D eigenvalue weighted by Gasteiger charge is 2.37. The molecule has 3 rings (SSSR count). The summed E-state index contributed by atoms with van der Waals surface area (Å²) in [5.41, 5.74) is 0.287. The van der Waals surface area contributed by atoms with E-state index in [-0.39, 0.29) is 23.6 Å². The fourth-order valence-electron chi connectivity index (χ4n) is 3.19. The van der Waals surface area contributed by atoms with Gasteiger partial charge in [-0.15, -0.1) is 0 Å². The Hall–Kier alpha value is -3.55. The van der Waals surface area contributed by atoms with Crippen molar-refractivity contribution in [2.75, 3.05) is 19.0 Å². The summed E-state index contributed by atoms with van der Waals surface area (Å²) in [5, 5.41) is 2.92. The Labute approximate surface area is 154 Å². The first-order chi connectivity index (χ1) is 13.0. The molecule has 1 aromatic carbocycles. The van der Waals surface area contributed by atoms with Gasteiger partial charge in [-0.3, -0.25) is 14.8 Å². The molecule has 8 heteroatoms. The standard InChI is InChI=1S/C19H19N3O5/c1-4-9-27-18(24)13-10(2)20-16-15(17(23)22-19(25)21-16)14(13)11-7-5-6-8-12(11)26-3/h4-8,14H,1,9H2,2-3H3,(H3,20,21,22,23,25). The number of aromatic nitrogens is 2. The third-order valence-electron chi connectivity index (χ3n) is 4.28. The van der Waals surface area contributed by atoms with Crippen molar-refractivity contribution in [1.29, 1.82) is 0 Å². The van der Waals surface area contributed by atoms with E-state index in [2.05, 4.69) is 21.9 Å². The summed E-state index contributed by atoms with van der Waals surface area (Å²) in [5.74, 6) is -0.637. The smallest absolute Gasteiger partial charge is 0.337 e. The van der Waals surface area contributed by atoms with Crippen molar-refractivity contribution in [3.8, 4) is 5.75 Å². The minimum Gasteiger partial charge on any atom is -0.496 e. The van der Waals surface area contributed by atoms with Crippen LogP contribution < -0.4 is 21.3 Å². The molecule has 27 heavy (non-hydrogen) atoms. The molecule has 1 aliphatic heterocycles. The molecule has 0 bridgehead atoms. The van der Waals surface area contributed by atoms with Crippen LogP contribution in [-0.4, -0.2) is 29.7 Å². The molecule has 1 atom stereocenters. The molecule has 0 aliphatic carbocycles. The van der Waals surface area contributed by atoms with Gasteiger partial charge >= 0.3 is 11.7 Å². The van der Waals surface area contributed by atoms with E-state index < -0.39 is 23.1 Å². The van der Waals surface area contributed by atoms with Crippen LogP contribution in [0.4, 0.5) is 5.82 Å². The summed E-state index contributed by atoms with van der Waals surface area (Å²) in [7, 11) is 1.50. The lowest BCUT2D eigenvalue weighted by molar-refractivity contribution is -0.138. The van der Waals surface area contributed by atoms with Gasteiger partial charge < -0.3 is 14.8 Å². The lowest BCUT2D eigenvalue weighted by atomic mass is 9.82. The lowest BCUT2D eigenvalue weighted by Crippen LogP contribution is -2.35. The lowest BCUT2D eigenvalue weighted by Gasteiger charge is -2.29. The van der Waals surface area contributed by atoms with E-state index in [1.165, 1.54) is 13.2 Å². The Morgan fingerprint density at radius 1 is 1.26 bits per heavy atom. The monoisotopic (exact) mass is 369 g/mol. The maximum atomic E-state index is 12.7. The average molecular weight is 369 g/mol. The van der Waals surface area contributed by atoms with Gasteiger partial charge in [-0.1, -0.05) is 30.9 Å². The van der Waals surface area contributed by atoms with Crippen LogP contribution in [0, 0.1) is 0 Å². The van der Waals surface area contributed by atoms with Crippen LogP contribution in [0.15, 0.2) is 57.8 Å². The number of para-hydroxylation sites is 1. The number of carbonyl (C=O) groups excluding carboxylic acids is 1. The number of methoxy groups -OCH3 is 1. The predicted molar refractivity (Wildman–Crippen MR) is 100.0 cm³/mol. The van der Waals surface area contributed by atoms with Gasteiger partial charge in [0.1, 0.15) is 18.2 Å². The van der Waals surface area contributed by atoms with Crippen LogP contribution in [0.3, 0.4) is 0 Å². The summed E-state index contributed by atoms with van der Waals surface area (Å²) in [4.78, 5) is 41.8. The normalized spacial score (nSPS) is 15.6. The number of nitrogens with one attached hydrogen (secondary N) is 3. The summed E-state index contributed by atoms with van der Waals surface area (Å²) >= 11 is 0. The topological polar surface area (TPSA) is 113 Å². The van der Waals surface area contributed by atoms with Crippen LogP contribution in [0.25, 0.3) is 0 Å². The van der Waals surface area contributed by atoms with E-state index in [9.17, 15) is 14.4 Å². The van der Waals surface area contributed by atoms with Gasteiger partial charge in [-0.25, -0.2) is 9.59 Å². The number of fused-ring (bicyclic) bond motifs is 1. The summed E-state index contributed by atoms with van der Waals surface area (Å²) in [6.07, 6.45) is 1.46. The van der Waals surface area contributed by atoms with Crippen LogP contribution in [0.1, 0.15) is 24.0 Å². The molecule has 0 fully saturated rings. The molecule has 0 radical (unpaired) electrons. The van der Waals surface area contributed by atoms with E-state index in [1.54, 1.807) is 31.2 Å². The number of esters is 1. The highest BCUT2D eigenvalue weighted by atomic mass is 16.5. The maximum absolute atomic E-state index is 12.7. The van der Waals surface area contributed by atoms with Gasteiger partial charge in [0.2, 0.25) is 0 Å². The van der Waals surface area contributed by atoms with Crippen molar-refractivity contribution in [3.05, 3.63) is 80.2 Å². The number of ether oxygens (including phenoxy) is 2. The van der Waals surface area contributed by atoms with Gasteiger partial charge in [-0.05, 0) is 13.0 Å². The minimum absolute atomic E-state index is 0.0308. The number of allylic oxidation sites excluding steroid dienone is 1. The number of carbonyl (C=O) groups is 1. The SMILES string of the molecule is C=CCOC(=O)C1=C(C)Nc2[nH]c(=O)[nH]c(=O)c2C1c1ccccc1OC. The molecule has 1 aliphatic rings. The summed E-state index contributed by atoms with van der Waals surface area (Å²) in [6, 6.07) is 7.06. The molecule has 140 valence electrons. The van der Waals surface area contributed by atoms with Crippen LogP contribution >= 0.6 is 0 Å². The predicted octanol–water partition coefficient (Wildman–Crippen LogP) is 1.63. The van der Waals surface area contributed by atoms with Gasteiger partial charge in [-0.2, -0.15) is 0 Å². The number of hydrogen-bond acceptors (Lipinski definition) is 6. The van der Waals surface area contributed by atoms with Crippen molar-refractivity contribution in [2.24, 2.45) is 0 Å². The Bertz CT molecular complexity index is 1050. The second-order valence-corrected chi connectivity index (χ2v) is 5.92. The number of H-pyrrole nitrogens is 2. The van der Waals surface area contributed by atoms with E-state index in [0.717, 1.165) is 0 Å². The first-order valence-electron chi connectivity index (χ1n) is 8.23. The minimum atomic E-state index is -0.782. The van der Waals surface area contributed by atoms with Crippen molar-refractivity contribution in [2.45, 2.75) is 12.8 Å². The molecule has 0 saturated heterocycles. The van der Waals surface area contributed by atoms with Gasteiger partial charge in [0.25, 0.3) is 5.56 Å². The fraction of sp³-hybridized carbons (Fsp3) is 0.211. The van der Waals surface area contributed by atoms with Gasteiger partial charge in [0.15, 0.2) is 0 Å². The molecule has 2 heterocycles. The van der Waals surface area contributed by atoms with E-state index in [0.29, 0.717) is 17.0 Å². The first kappa shape index (κ1) is 18.2. The Kier molecular flexibility index (Phi) is 4.98.